The molecule has 5 rings (SSSR count). The van der Waals surface area contributed by atoms with Gasteiger partial charge in [0.25, 0.3) is 0 Å². The second kappa shape index (κ2) is 13.1. The van der Waals surface area contributed by atoms with Crippen LogP contribution in [0.3, 0.4) is 0 Å². The number of nitrogens with one attached hydrogen (secondary N) is 2. The minimum Gasteiger partial charge on any atom is -0.489 e. The summed E-state index contributed by atoms with van der Waals surface area (Å²) in [4.78, 5) is 23.6. The van der Waals surface area contributed by atoms with Crippen molar-refractivity contribution in [2.75, 3.05) is 63.8 Å². The van der Waals surface area contributed by atoms with Gasteiger partial charge in [-0.2, -0.15) is 0 Å². The van der Waals surface area contributed by atoms with Gasteiger partial charge in [-0.15, -0.1) is 0 Å². The molecule has 2 N–H and O–H groups in total. The Hall–Kier alpha value is -3.06. The Morgan fingerprint density at radius 2 is 1.93 bits per heavy atom. The number of likely N-dealkylation sites (tertiary alicyclic amines) is 1. The number of amides is 1. The summed E-state index contributed by atoms with van der Waals surface area (Å²) in [6.45, 7) is 3.93. The SMILES string of the molecule is COCCOc1cc2ncnc(Nc3ccc(Cl)c(Cl)c3F)c2cc1NC(=O)C=CCN1C[C@@H]2OCCO[C@@H]2C1. The van der Waals surface area contributed by atoms with Gasteiger partial charge in [0.15, 0.2) is 5.82 Å². The van der Waals surface area contributed by atoms with Crippen LogP contribution in [-0.2, 0) is 19.0 Å². The van der Waals surface area contributed by atoms with Crippen molar-refractivity contribution in [3.05, 3.63) is 58.6 Å². The number of methoxy groups -OCH3 is 1. The van der Waals surface area contributed by atoms with Gasteiger partial charge >= 0.3 is 0 Å². The molecule has 1 aromatic heterocycles. The molecule has 0 spiro atoms. The Morgan fingerprint density at radius 3 is 2.67 bits per heavy atom. The van der Waals surface area contributed by atoms with E-state index in [-0.39, 0.29) is 40.5 Å². The summed E-state index contributed by atoms with van der Waals surface area (Å²) in [5.74, 6) is -0.359. The highest BCUT2D eigenvalue weighted by Gasteiger charge is 2.35. The lowest BCUT2D eigenvalue weighted by molar-refractivity contribution is -0.116. The van der Waals surface area contributed by atoms with E-state index in [1.807, 2.05) is 0 Å². The fourth-order valence-corrected chi connectivity index (χ4v) is 4.87. The molecule has 212 valence electrons. The number of aromatic nitrogens is 2. The summed E-state index contributed by atoms with van der Waals surface area (Å²) in [6.07, 6.45) is 4.75. The number of nitrogens with zero attached hydrogens (tertiary/aromatic N) is 3. The van der Waals surface area contributed by atoms with E-state index >= 15 is 0 Å². The normalized spacial score (nSPS) is 19.2. The van der Waals surface area contributed by atoms with Crippen LogP contribution in [0, 0.1) is 5.82 Å². The molecular weight excluding hydrogens is 564 g/mol. The van der Waals surface area contributed by atoms with Crippen molar-refractivity contribution in [1.82, 2.24) is 14.9 Å². The van der Waals surface area contributed by atoms with Crippen LogP contribution in [0.15, 0.2) is 42.7 Å². The lowest BCUT2D eigenvalue weighted by Crippen LogP contribution is -2.36. The highest BCUT2D eigenvalue weighted by atomic mass is 35.5. The number of anilines is 3. The van der Waals surface area contributed by atoms with E-state index in [4.69, 9.17) is 42.1 Å². The first kappa shape index (κ1) is 28.5. The van der Waals surface area contributed by atoms with Crippen LogP contribution in [0.4, 0.5) is 21.6 Å². The largest absolute Gasteiger partial charge is 0.489 e. The highest BCUT2D eigenvalue weighted by molar-refractivity contribution is 6.42. The number of rotatable bonds is 10. The zero-order chi connectivity index (χ0) is 28.1. The van der Waals surface area contributed by atoms with Crippen molar-refractivity contribution < 1.29 is 28.1 Å². The van der Waals surface area contributed by atoms with Gasteiger partial charge in [0.1, 0.15) is 24.5 Å². The van der Waals surface area contributed by atoms with E-state index in [1.54, 1.807) is 25.3 Å². The van der Waals surface area contributed by atoms with E-state index in [2.05, 4.69) is 25.5 Å². The van der Waals surface area contributed by atoms with Crippen LogP contribution in [0.2, 0.25) is 10.0 Å². The maximum atomic E-state index is 14.7. The molecule has 1 amide bonds. The predicted octanol–water partition coefficient (Wildman–Crippen LogP) is 4.44. The molecule has 2 aliphatic rings. The lowest BCUT2D eigenvalue weighted by Gasteiger charge is -2.24. The summed E-state index contributed by atoms with van der Waals surface area (Å²) < 4.78 is 37.2. The van der Waals surface area contributed by atoms with E-state index < -0.39 is 5.82 Å². The standard InChI is InChI=1S/C27H28Cl2FN5O5/c1-37-7-8-38-21-12-19-16(27(32-15-31-19)34-18-5-4-17(28)25(29)26(18)30)11-20(21)33-24(36)3-2-6-35-13-22-23(14-35)40-10-9-39-22/h2-5,11-12,15,22-23H,6-10,13-14H2,1H3,(H,33,36)(H,31,32,34)/t22-,23+. The van der Waals surface area contributed by atoms with Crippen molar-refractivity contribution in [3.8, 4) is 5.75 Å². The maximum Gasteiger partial charge on any atom is 0.248 e. The molecule has 13 heteroatoms. The molecule has 0 aliphatic carbocycles. The van der Waals surface area contributed by atoms with Crippen molar-refractivity contribution in [2.24, 2.45) is 0 Å². The van der Waals surface area contributed by atoms with Crippen LogP contribution in [0.5, 0.6) is 5.75 Å². The van der Waals surface area contributed by atoms with E-state index in [0.29, 0.717) is 54.5 Å². The number of benzene rings is 2. The summed E-state index contributed by atoms with van der Waals surface area (Å²) in [5.41, 5.74) is 0.986. The smallest absolute Gasteiger partial charge is 0.248 e. The summed E-state index contributed by atoms with van der Waals surface area (Å²) in [5, 5.41) is 6.22. The summed E-state index contributed by atoms with van der Waals surface area (Å²) in [6, 6.07) is 6.28. The molecule has 0 saturated carbocycles. The molecule has 0 bridgehead atoms. The fourth-order valence-electron chi connectivity index (χ4n) is 4.56. The number of ether oxygens (including phenoxy) is 4. The van der Waals surface area contributed by atoms with Gasteiger partial charge in [-0.25, -0.2) is 14.4 Å². The molecule has 10 nitrogen and oxygen atoms in total. The van der Waals surface area contributed by atoms with Crippen LogP contribution in [-0.4, -0.2) is 86.2 Å². The van der Waals surface area contributed by atoms with Gasteiger partial charge in [-0.3, -0.25) is 9.69 Å². The quantitative estimate of drug-likeness (QED) is 0.201. The fraction of sp³-hybridized carbons (Fsp3) is 0.370. The van der Waals surface area contributed by atoms with Gasteiger partial charge in [0.05, 0.1) is 59.0 Å². The second-order valence-electron chi connectivity index (χ2n) is 9.21. The first-order valence-electron chi connectivity index (χ1n) is 12.7. The average molecular weight is 592 g/mol. The zero-order valence-electron chi connectivity index (χ0n) is 21.7. The number of hydrogen-bond donors (Lipinski definition) is 2. The van der Waals surface area contributed by atoms with Gasteiger partial charge in [-0.05, 0) is 18.2 Å². The topological polar surface area (TPSA) is 107 Å². The molecule has 2 saturated heterocycles. The number of fused-ring (bicyclic) bond motifs is 2. The van der Waals surface area contributed by atoms with Gasteiger partial charge in [0.2, 0.25) is 5.91 Å². The zero-order valence-corrected chi connectivity index (χ0v) is 23.2. The third kappa shape index (κ3) is 6.63. The Kier molecular flexibility index (Phi) is 9.30. The number of halogens is 3. The number of hydrogen-bond acceptors (Lipinski definition) is 9. The van der Waals surface area contributed by atoms with Crippen molar-refractivity contribution in [3.63, 3.8) is 0 Å². The predicted molar refractivity (Wildman–Crippen MR) is 150 cm³/mol. The first-order chi connectivity index (χ1) is 19.4. The monoisotopic (exact) mass is 591 g/mol. The molecule has 3 heterocycles. The average Bonchev–Trinajstić information content (AvgIpc) is 3.37. The van der Waals surface area contributed by atoms with E-state index in [0.717, 1.165) is 13.1 Å². The third-order valence-corrected chi connectivity index (χ3v) is 7.28. The molecule has 3 aromatic rings. The van der Waals surface area contributed by atoms with Gasteiger partial charge < -0.3 is 29.6 Å². The molecule has 40 heavy (non-hydrogen) atoms. The molecule has 2 aromatic carbocycles. The van der Waals surface area contributed by atoms with Crippen LogP contribution >= 0.6 is 23.2 Å². The summed E-state index contributed by atoms with van der Waals surface area (Å²) >= 11 is 11.9. The number of carbonyl (C=O) groups is 1. The van der Waals surface area contributed by atoms with Gasteiger partial charge in [0, 0.05) is 44.3 Å². The molecule has 2 atom stereocenters. The minimum atomic E-state index is -0.713. The first-order valence-corrected chi connectivity index (χ1v) is 13.4. The molecular formula is C27H28Cl2FN5O5. The number of carbonyl (C=O) groups excluding carboxylic acids is 1. The Labute approximate surface area is 240 Å². The third-order valence-electron chi connectivity index (χ3n) is 6.50. The summed E-state index contributed by atoms with van der Waals surface area (Å²) in [7, 11) is 1.57. The van der Waals surface area contributed by atoms with Crippen LogP contribution in [0.25, 0.3) is 10.9 Å². The minimum absolute atomic E-state index is 0.0720. The Bertz CT molecular complexity index is 1400. The lowest BCUT2D eigenvalue weighted by atomic mass is 10.1. The highest BCUT2D eigenvalue weighted by Crippen LogP contribution is 2.35. The maximum absolute atomic E-state index is 14.7. The van der Waals surface area contributed by atoms with E-state index in [9.17, 15) is 9.18 Å². The Morgan fingerprint density at radius 1 is 1.15 bits per heavy atom. The molecule has 2 aliphatic heterocycles. The molecule has 2 fully saturated rings. The van der Waals surface area contributed by atoms with Crippen molar-refractivity contribution in [1.29, 1.82) is 0 Å². The van der Waals surface area contributed by atoms with Crippen molar-refractivity contribution in [2.45, 2.75) is 12.2 Å². The molecule has 0 unspecified atom stereocenters. The Balaban J connectivity index is 1.35. The van der Waals surface area contributed by atoms with Gasteiger partial charge in [-0.1, -0.05) is 29.3 Å². The van der Waals surface area contributed by atoms with Crippen LogP contribution in [0.1, 0.15) is 0 Å². The second-order valence-corrected chi connectivity index (χ2v) is 9.99. The van der Waals surface area contributed by atoms with Crippen molar-refractivity contribution >= 4 is 57.2 Å². The van der Waals surface area contributed by atoms with Crippen LogP contribution < -0.4 is 15.4 Å². The molecule has 0 radical (unpaired) electrons. The van der Waals surface area contributed by atoms with E-state index in [1.165, 1.54) is 24.5 Å².